The van der Waals surface area contributed by atoms with Gasteiger partial charge in [0.05, 0.1) is 23.7 Å². The molecule has 5 heteroatoms. The number of hydrogen-bond donors (Lipinski definition) is 0. The van der Waals surface area contributed by atoms with Crippen molar-refractivity contribution in [3.63, 3.8) is 0 Å². The first kappa shape index (κ1) is 20.2. The minimum Gasteiger partial charge on any atom is -0.494 e. The Morgan fingerprint density at radius 3 is 2.35 bits per heavy atom. The van der Waals surface area contributed by atoms with Gasteiger partial charge >= 0.3 is 5.97 Å². The minimum atomic E-state index is -0.314. The maximum Gasteiger partial charge on any atom is 0.338 e. The Morgan fingerprint density at radius 2 is 1.69 bits per heavy atom. The van der Waals surface area contributed by atoms with Gasteiger partial charge in [0.25, 0.3) is 0 Å². The van der Waals surface area contributed by atoms with Crippen molar-refractivity contribution < 1.29 is 19.1 Å². The van der Waals surface area contributed by atoms with Crippen LogP contribution in [0, 0.1) is 6.92 Å². The number of thiophene rings is 1. The van der Waals surface area contributed by atoms with Crippen LogP contribution in [0.3, 0.4) is 0 Å². The van der Waals surface area contributed by atoms with Gasteiger partial charge in [0, 0.05) is 11.3 Å². The molecule has 0 atom stereocenters. The number of rotatable bonds is 11. The second-order valence-electron chi connectivity index (χ2n) is 6.09. The second-order valence-corrected chi connectivity index (χ2v) is 7.38. The largest absolute Gasteiger partial charge is 0.494 e. The van der Waals surface area contributed by atoms with Gasteiger partial charge < -0.3 is 9.47 Å². The molecule has 0 aliphatic rings. The summed E-state index contributed by atoms with van der Waals surface area (Å²) in [6.45, 7) is 4.81. The molecule has 0 unspecified atom stereocenters. The zero-order valence-corrected chi connectivity index (χ0v) is 16.3. The molecule has 0 bridgehead atoms. The molecule has 1 heterocycles. The van der Waals surface area contributed by atoms with Crippen molar-refractivity contribution in [2.24, 2.45) is 0 Å². The molecule has 2 rings (SSSR count). The molecule has 0 N–H and O–H groups in total. The number of carbonyl (C=O) groups is 2. The summed E-state index contributed by atoms with van der Waals surface area (Å²) in [4.78, 5) is 25.6. The van der Waals surface area contributed by atoms with Crippen LogP contribution >= 0.6 is 11.3 Å². The van der Waals surface area contributed by atoms with Gasteiger partial charge in [-0.15, -0.1) is 11.3 Å². The molecule has 0 fully saturated rings. The zero-order valence-electron chi connectivity index (χ0n) is 15.5. The third-order valence-corrected chi connectivity index (χ3v) is 4.99. The maximum absolute atomic E-state index is 12.0. The van der Waals surface area contributed by atoms with E-state index in [0.29, 0.717) is 25.2 Å². The Labute approximate surface area is 159 Å². The van der Waals surface area contributed by atoms with Crippen LogP contribution in [0.25, 0.3) is 0 Å². The molecule has 0 aliphatic carbocycles. The van der Waals surface area contributed by atoms with Crippen molar-refractivity contribution in [1.82, 2.24) is 0 Å². The first-order chi connectivity index (χ1) is 12.6. The molecular formula is C21H26O4S. The molecule has 0 amide bonds. The average Bonchev–Trinajstić information content (AvgIpc) is 3.08. The number of unbranched alkanes of at least 4 members (excludes halogenated alkanes) is 3. The van der Waals surface area contributed by atoms with Crippen molar-refractivity contribution >= 4 is 23.1 Å². The van der Waals surface area contributed by atoms with Crippen LogP contribution in [-0.4, -0.2) is 25.0 Å². The molecule has 0 spiro atoms. The Hall–Kier alpha value is -2.14. The Morgan fingerprint density at radius 1 is 0.962 bits per heavy atom. The number of aryl methyl sites for hydroxylation is 1. The number of Topliss-reactive ketones (excluding diaryl/α,β-unsaturated/α-hetero) is 1. The predicted octanol–water partition coefficient (Wildman–Crippen LogP) is 5.45. The summed E-state index contributed by atoms with van der Waals surface area (Å²) >= 11 is 1.57. The molecular weight excluding hydrogens is 348 g/mol. The van der Waals surface area contributed by atoms with Gasteiger partial charge in [-0.2, -0.15) is 0 Å². The van der Waals surface area contributed by atoms with Crippen LogP contribution in [-0.2, 0) is 4.74 Å². The molecule has 26 heavy (non-hydrogen) atoms. The third-order valence-electron chi connectivity index (χ3n) is 3.95. The summed E-state index contributed by atoms with van der Waals surface area (Å²) in [5.41, 5.74) is 0.532. The standard InChI is InChI=1S/C21H26O4S/c1-3-24-21(23)17-10-12-18(13-11-17)25-15-7-5-4-6-8-19(22)20-14-9-16(2)26-20/h9-14H,3-8,15H2,1-2H3. The summed E-state index contributed by atoms with van der Waals surface area (Å²) in [6, 6.07) is 10.9. The number of hydrogen-bond acceptors (Lipinski definition) is 5. The first-order valence-electron chi connectivity index (χ1n) is 9.09. The smallest absolute Gasteiger partial charge is 0.338 e. The Bertz CT molecular complexity index is 703. The number of ketones is 1. The fraction of sp³-hybridized carbons (Fsp3) is 0.429. The van der Waals surface area contributed by atoms with Crippen molar-refractivity contribution in [3.05, 3.63) is 51.7 Å². The van der Waals surface area contributed by atoms with E-state index < -0.39 is 0 Å². The Balaban J connectivity index is 1.56. The van der Waals surface area contributed by atoms with Crippen LogP contribution in [0.5, 0.6) is 5.75 Å². The highest BCUT2D eigenvalue weighted by Gasteiger charge is 2.08. The number of ether oxygens (including phenoxy) is 2. The van der Waals surface area contributed by atoms with Crippen molar-refractivity contribution in [3.8, 4) is 5.75 Å². The van der Waals surface area contributed by atoms with E-state index in [2.05, 4.69) is 0 Å². The highest BCUT2D eigenvalue weighted by molar-refractivity contribution is 7.14. The lowest BCUT2D eigenvalue weighted by molar-refractivity contribution is 0.0526. The summed E-state index contributed by atoms with van der Waals surface area (Å²) in [5.74, 6) is 0.689. The lowest BCUT2D eigenvalue weighted by Gasteiger charge is -2.07. The molecule has 2 aromatic rings. The van der Waals surface area contributed by atoms with Gasteiger partial charge in [-0.1, -0.05) is 12.8 Å². The molecule has 0 saturated carbocycles. The maximum atomic E-state index is 12.0. The van der Waals surface area contributed by atoms with Crippen molar-refractivity contribution in [2.75, 3.05) is 13.2 Å². The molecule has 1 aromatic heterocycles. The minimum absolute atomic E-state index is 0.251. The van der Waals surface area contributed by atoms with Gasteiger partial charge in [0.2, 0.25) is 0 Å². The van der Waals surface area contributed by atoms with Crippen LogP contribution in [0.1, 0.15) is 63.9 Å². The quantitative estimate of drug-likeness (QED) is 0.298. The topological polar surface area (TPSA) is 52.6 Å². The second kappa shape index (κ2) is 10.8. The average molecular weight is 375 g/mol. The van der Waals surface area contributed by atoms with E-state index in [4.69, 9.17) is 9.47 Å². The van der Waals surface area contributed by atoms with Crippen molar-refractivity contribution in [1.29, 1.82) is 0 Å². The van der Waals surface area contributed by atoms with E-state index in [0.717, 1.165) is 36.3 Å². The summed E-state index contributed by atoms with van der Waals surface area (Å²) in [6.07, 6.45) is 4.56. The van der Waals surface area contributed by atoms with Crippen LogP contribution < -0.4 is 4.74 Å². The molecule has 0 aliphatic heterocycles. The van der Waals surface area contributed by atoms with E-state index in [1.54, 1.807) is 42.5 Å². The Kier molecular flexibility index (Phi) is 8.35. The fourth-order valence-corrected chi connectivity index (χ4v) is 3.38. The lowest BCUT2D eigenvalue weighted by Crippen LogP contribution is -2.04. The van der Waals surface area contributed by atoms with Gasteiger partial charge in [0.15, 0.2) is 5.78 Å². The zero-order chi connectivity index (χ0) is 18.8. The van der Waals surface area contributed by atoms with Gasteiger partial charge in [0.1, 0.15) is 5.75 Å². The monoisotopic (exact) mass is 374 g/mol. The molecule has 0 saturated heterocycles. The fourth-order valence-electron chi connectivity index (χ4n) is 2.54. The normalized spacial score (nSPS) is 10.5. The highest BCUT2D eigenvalue weighted by Crippen LogP contribution is 2.18. The molecule has 140 valence electrons. The van der Waals surface area contributed by atoms with Crippen molar-refractivity contribution in [2.45, 2.75) is 46.0 Å². The van der Waals surface area contributed by atoms with Gasteiger partial charge in [-0.05, 0) is 63.1 Å². The van der Waals surface area contributed by atoms with E-state index in [-0.39, 0.29) is 11.8 Å². The number of carbonyl (C=O) groups excluding carboxylic acids is 2. The van der Waals surface area contributed by atoms with E-state index >= 15 is 0 Å². The van der Waals surface area contributed by atoms with Crippen LogP contribution in [0.4, 0.5) is 0 Å². The van der Waals surface area contributed by atoms with E-state index in [1.807, 2.05) is 19.1 Å². The highest BCUT2D eigenvalue weighted by atomic mass is 32.1. The van der Waals surface area contributed by atoms with Crippen LogP contribution in [0.2, 0.25) is 0 Å². The molecule has 0 radical (unpaired) electrons. The summed E-state index contributed by atoms with van der Waals surface area (Å²) < 4.78 is 10.6. The van der Waals surface area contributed by atoms with Gasteiger partial charge in [-0.25, -0.2) is 4.79 Å². The third kappa shape index (κ3) is 6.64. The van der Waals surface area contributed by atoms with E-state index in [9.17, 15) is 9.59 Å². The lowest BCUT2D eigenvalue weighted by atomic mass is 10.1. The molecule has 1 aromatic carbocycles. The molecule has 4 nitrogen and oxygen atoms in total. The first-order valence-corrected chi connectivity index (χ1v) is 9.91. The predicted molar refractivity (Wildman–Crippen MR) is 104 cm³/mol. The SMILES string of the molecule is CCOC(=O)c1ccc(OCCCCCCC(=O)c2ccc(C)s2)cc1. The van der Waals surface area contributed by atoms with Gasteiger partial charge in [-0.3, -0.25) is 4.79 Å². The summed E-state index contributed by atoms with van der Waals surface area (Å²) in [7, 11) is 0. The summed E-state index contributed by atoms with van der Waals surface area (Å²) in [5, 5.41) is 0. The van der Waals surface area contributed by atoms with E-state index in [1.165, 1.54) is 4.88 Å². The van der Waals surface area contributed by atoms with Crippen LogP contribution in [0.15, 0.2) is 36.4 Å². The number of esters is 1. The number of benzene rings is 1.